The Labute approximate surface area is 113 Å². The molecule has 2 rings (SSSR count). The highest BCUT2D eigenvalue weighted by Crippen LogP contribution is 2.19. The van der Waals surface area contributed by atoms with Crippen molar-refractivity contribution in [3.05, 3.63) is 40.8 Å². The Balaban J connectivity index is 2.45. The van der Waals surface area contributed by atoms with Gasteiger partial charge >= 0.3 is 0 Å². The predicted octanol–water partition coefficient (Wildman–Crippen LogP) is 3.44. The summed E-state index contributed by atoms with van der Waals surface area (Å²) in [6.07, 6.45) is 2.00. The largest absolute Gasteiger partial charge is 0.491 e. The van der Waals surface area contributed by atoms with E-state index < -0.39 is 0 Å². The number of hydrogen-bond acceptors (Lipinski definition) is 2. The molecule has 19 heavy (non-hydrogen) atoms. The molecule has 0 fully saturated rings. The third kappa shape index (κ3) is 3.16. The van der Waals surface area contributed by atoms with Crippen molar-refractivity contribution in [3.8, 4) is 5.75 Å². The molecule has 0 N–H and O–H groups in total. The number of benzene rings is 1. The van der Waals surface area contributed by atoms with Crippen molar-refractivity contribution >= 4 is 10.8 Å². The summed E-state index contributed by atoms with van der Waals surface area (Å²) in [5.41, 5.74) is 0.0716. The summed E-state index contributed by atoms with van der Waals surface area (Å²) >= 11 is 0. The molecule has 0 aliphatic carbocycles. The van der Waals surface area contributed by atoms with Gasteiger partial charge in [0.2, 0.25) is 0 Å². The summed E-state index contributed by atoms with van der Waals surface area (Å²) in [6, 6.07) is 7.62. The smallest absolute Gasteiger partial charge is 0.258 e. The number of fused-ring (bicyclic) bond motifs is 1. The maximum absolute atomic E-state index is 12.3. The van der Waals surface area contributed by atoms with Gasteiger partial charge in [-0.25, -0.2) is 0 Å². The Morgan fingerprint density at radius 2 is 1.89 bits per heavy atom. The summed E-state index contributed by atoms with van der Waals surface area (Å²) in [5, 5.41) is 1.68. The Kier molecular flexibility index (Phi) is 3.93. The number of ether oxygens (including phenoxy) is 1. The van der Waals surface area contributed by atoms with Crippen LogP contribution in [0.15, 0.2) is 35.3 Å². The number of rotatable bonds is 4. The molecule has 0 aliphatic rings. The fraction of sp³-hybridized carbons (Fsp3) is 0.438. The van der Waals surface area contributed by atoms with Crippen LogP contribution in [0.4, 0.5) is 0 Å². The molecule has 2 aromatic rings. The molecular weight excluding hydrogens is 238 g/mol. The van der Waals surface area contributed by atoms with Crippen LogP contribution in [0.3, 0.4) is 0 Å². The van der Waals surface area contributed by atoms with Gasteiger partial charge < -0.3 is 9.30 Å². The number of nitrogens with zero attached hydrogens (tertiary/aromatic N) is 1. The third-order valence-electron chi connectivity index (χ3n) is 2.88. The zero-order chi connectivity index (χ0) is 14.0. The van der Waals surface area contributed by atoms with Gasteiger partial charge in [0.1, 0.15) is 5.75 Å². The fourth-order valence-electron chi connectivity index (χ4n) is 2.15. The van der Waals surface area contributed by atoms with Crippen LogP contribution in [0.5, 0.6) is 5.75 Å². The van der Waals surface area contributed by atoms with Crippen LogP contribution in [0.25, 0.3) is 10.8 Å². The molecule has 0 spiro atoms. The second kappa shape index (κ2) is 5.47. The van der Waals surface area contributed by atoms with E-state index in [0.717, 1.165) is 23.1 Å². The zero-order valence-corrected chi connectivity index (χ0v) is 12.0. The van der Waals surface area contributed by atoms with E-state index in [9.17, 15) is 4.79 Å². The lowest BCUT2D eigenvalue weighted by atomic mass is 10.1. The number of aromatic nitrogens is 1. The van der Waals surface area contributed by atoms with Crippen molar-refractivity contribution in [2.45, 2.75) is 40.3 Å². The molecule has 1 aromatic heterocycles. The minimum atomic E-state index is 0.0716. The van der Waals surface area contributed by atoms with Gasteiger partial charge in [-0.3, -0.25) is 4.79 Å². The summed E-state index contributed by atoms with van der Waals surface area (Å²) < 4.78 is 7.42. The minimum Gasteiger partial charge on any atom is -0.491 e. The van der Waals surface area contributed by atoms with E-state index >= 15 is 0 Å². The first-order valence-electron chi connectivity index (χ1n) is 6.77. The maximum atomic E-state index is 12.3. The Morgan fingerprint density at radius 3 is 2.53 bits per heavy atom. The lowest BCUT2D eigenvalue weighted by molar-refractivity contribution is 0.243. The second-order valence-corrected chi connectivity index (χ2v) is 5.58. The SMILES string of the molecule is CC(C)Cn1ccc2cc(OC(C)C)ccc2c1=O. The van der Waals surface area contributed by atoms with Crippen molar-refractivity contribution < 1.29 is 4.74 Å². The van der Waals surface area contributed by atoms with Gasteiger partial charge in [0, 0.05) is 18.1 Å². The monoisotopic (exact) mass is 259 g/mol. The maximum Gasteiger partial charge on any atom is 0.258 e. The molecule has 102 valence electrons. The average Bonchev–Trinajstić information content (AvgIpc) is 2.31. The van der Waals surface area contributed by atoms with Gasteiger partial charge in [0.25, 0.3) is 5.56 Å². The highest BCUT2D eigenvalue weighted by atomic mass is 16.5. The molecule has 3 nitrogen and oxygen atoms in total. The van der Waals surface area contributed by atoms with E-state index in [1.807, 2.05) is 44.3 Å². The minimum absolute atomic E-state index is 0.0716. The topological polar surface area (TPSA) is 31.2 Å². The standard InChI is InChI=1S/C16H21NO2/c1-11(2)10-17-8-7-13-9-14(19-12(3)4)5-6-15(13)16(17)18/h5-9,11-12H,10H2,1-4H3. The highest BCUT2D eigenvalue weighted by Gasteiger charge is 2.06. The van der Waals surface area contributed by atoms with Gasteiger partial charge in [0.15, 0.2) is 0 Å². The first kappa shape index (κ1) is 13.7. The third-order valence-corrected chi connectivity index (χ3v) is 2.88. The highest BCUT2D eigenvalue weighted by molar-refractivity contribution is 5.82. The van der Waals surface area contributed by atoms with Crippen molar-refractivity contribution in [2.24, 2.45) is 5.92 Å². The first-order chi connectivity index (χ1) is 8.97. The van der Waals surface area contributed by atoms with Crippen LogP contribution in [0.1, 0.15) is 27.7 Å². The lowest BCUT2D eigenvalue weighted by Gasteiger charge is -2.12. The summed E-state index contributed by atoms with van der Waals surface area (Å²) in [7, 11) is 0. The molecule has 0 saturated carbocycles. The predicted molar refractivity (Wildman–Crippen MR) is 78.8 cm³/mol. The van der Waals surface area contributed by atoms with Gasteiger partial charge in [0.05, 0.1) is 6.10 Å². The van der Waals surface area contributed by atoms with Crippen molar-refractivity contribution in [3.63, 3.8) is 0 Å². The molecule has 0 radical (unpaired) electrons. The Bertz CT molecular complexity index is 626. The molecule has 0 aliphatic heterocycles. The number of pyridine rings is 1. The molecule has 0 atom stereocenters. The second-order valence-electron chi connectivity index (χ2n) is 5.58. The molecule has 0 amide bonds. The van der Waals surface area contributed by atoms with Crippen LogP contribution in [-0.4, -0.2) is 10.7 Å². The van der Waals surface area contributed by atoms with Crippen molar-refractivity contribution in [2.75, 3.05) is 0 Å². The molecular formula is C16H21NO2. The van der Waals surface area contributed by atoms with Crippen molar-refractivity contribution in [1.29, 1.82) is 0 Å². The average molecular weight is 259 g/mol. The lowest BCUT2D eigenvalue weighted by Crippen LogP contribution is -2.21. The van der Waals surface area contributed by atoms with Crippen molar-refractivity contribution in [1.82, 2.24) is 4.57 Å². The molecule has 3 heteroatoms. The van der Waals surface area contributed by atoms with Crippen LogP contribution >= 0.6 is 0 Å². The van der Waals surface area contributed by atoms with E-state index in [4.69, 9.17) is 4.74 Å². The number of hydrogen-bond donors (Lipinski definition) is 0. The van der Waals surface area contributed by atoms with Crippen LogP contribution in [0.2, 0.25) is 0 Å². The van der Waals surface area contributed by atoms with Crippen LogP contribution < -0.4 is 10.3 Å². The summed E-state index contributed by atoms with van der Waals surface area (Å²) in [6.45, 7) is 8.95. The Hall–Kier alpha value is -1.77. The summed E-state index contributed by atoms with van der Waals surface area (Å²) in [5.74, 6) is 1.27. The fourth-order valence-corrected chi connectivity index (χ4v) is 2.15. The van der Waals surface area contributed by atoms with Gasteiger partial charge in [-0.2, -0.15) is 0 Å². The molecule has 1 heterocycles. The van der Waals surface area contributed by atoms with E-state index in [2.05, 4.69) is 13.8 Å². The quantitative estimate of drug-likeness (QED) is 0.842. The van der Waals surface area contributed by atoms with E-state index in [1.165, 1.54) is 0 Å². The zero-order valence-electron chi connectivity index (χ0n) is 12.0. The van der Waals surface area contributed by atoms with E-state index in [-0.39, 0.29) is 11.7 Å². The molecule has 0 saturated heterocycles. The van der Waals surface area contributed by atoms with Gasteiger partial charge in [-0.05, 0) is 49.4 Å². The molecule has 0 unspecified atom stereocenters. The normalized spacial score (nSPS) is 11.5. The summed E-state index contributed by atoms with van der Waals surface area (Å²) in [4.78, 5) is 12.3. The van der Waals surface area contributed by atoms with E-state index in [0.29, 0.717) is 5.92 Å². The molecule has 0 bridgehead atoms. The first-order valence-corrected chi connectivity index (χ1v) is 6.77. The molecule has 1 aromatic carbocycles. The van der Waals surface area contributed by atoms with Gasteiger partial charge in [-0.1, -0.05) is 13.8 Å². The van der Waals surface area contributed by atoms with Crippen LogP contribution in [0, 0.1) is 5.92 Å². The Morgan fingerprint density at radius 1 is 1.16 bits per heavy atom. The van der Waals surface area contributed by atoms with Crippen LogP contribution in [-0.2, 0) is 6.54 Å². The van der Waals surface area contributed by atoms with E-state index in [1.54, 1.807) is 4.57 Å². The van der Waals surface area contributed by atoms with Gasteiger partial charge in [-0.15, -0.1) is 0 Å².